The zero-order valence-corrected chi connectivity index (χ0v) is 12.0. The average Bonchev–Trinajstić information content (AvgIpc) is 2.47. The third-order valence-electron chi connectivity index (χ3n) is 2.94. The van der Waals surface area contributed by atoms with E-state index in [2.05, 4.69) is 22.6 Å². The van der Waals surface area contributed by atoms with Gasteiger partial charge in [0.25, 0.3) is 5.91 Å². The number of likely N-dealkylation sites (N-methyl/N-ethyl adjacent to an activating group) is 1. The minimum absolute atomic E-state index is 0.00224. The largest absolute Gasteiger partial charge is 0.358 e. The van der Waals surface area contributed by atoms with E-state index in [9.17, 15) is 9.59 Å². The Labute approximate surface area is 119 Å². The lowest BCUT2D eigenvalue weighted by molar-refractivity contribution is -0.121. The van der Waals surface area contributed by atoms with Crippen molar-refractivity contribution in [2.75, 3.05) is 20.1 Å². The second-order valence-electron chi connectivity index (χ2n) is 4.55. The fourth-order valence-electron chi connectivity index (χ4n) is 1.92. The summed E-state index contributed by atoms with van der Waals surface area (Å²) in [6.07, 6.45) is 0.977. The molecular weight excluding hydrogens is 256 g/mol. The third kappa shape index (κ3) is 4.99. The van der Waals surface area contributed by atoms with E-state index >= 15 is 0 Å². The quantitative estimate of drug-likeness (QED) is 0.379. The Bertz CT molecular complexity index is 445. The van der Waals surface area contributed by atoms with Gasteiger partial charge in [0.2, 0.25) is 5.91 Å². The van der Waals surface area contributed by atoms with Gasteiger partial charge in [-0.15, -0.1) is 0 Å². The number of benzene rings is 1. The van der Waals surface area contributed by atoms with Crippen molar-refractivity contribution >= 4 is 11.8 Å². The lowest BCUT2D eigenvalue weighted by atomic mass is 10.1. The molecule has 1 aromatic rings. The topological polar surface area (TPSA) is 87.5 Å². The van der Waals surface area contributed by atoms with Gasteiger partial charge in [-0.2, -0.15) is 0 Å². The van der Waals surface area contributed by atoms with Crippen molar-refractivity contribution in [1.82, 2.24) is 15.6 Å². The standard InChI is InChI=1S/C14H22N4O2/c1-3-8-18(10-13(19)16-2)9-11-4-6-12(7-5-11)14(20)17-15/h4-7H,3,8-10,15H2,1-2H3,(H,16,19)(H,17,20). The molecule has 0 atom stereocenters. The first-order chi connectivity index (χ1) is 9.60. The number of nitrogens with two attached hydrogens (primary N) is 1. The van der Waals surface area contributed by atoms with Gasteiger partial charge in [0, 0.05) is 19.2 Å². The number of carbonyl (C=O) groups excluding carboxylic acids is 2. The van der Waals surface area contributed by atoms with Gasteiger partial charge >= 0.3 is 0 Å². The minimum atomic E-state index is -0.313. The summed E-state index contributed by atoms with van der Waals surface area (Å²) in [7, 11) is 1.63. The molecule has 6 heteroatoms. The average molecular weight is 278 g/mol. The number of nitrogen functional groups attached to an aromatic ring is 1. The van der Waals surface area contributed by atoms with Crippen LogP contribution in [0.4, 0.5) is 0 Å². The van der Waals surface area contributed by atoms with E-state index < -0.39 is 0 Å². The Hall–Kier alpha value is -1.92. The molecule has 20 heavy (non-hydrogen) atoms. The fraction of sp³-hybridized carbons (Fsp3) is 0.429. The van der Waals surface area contributed by atoms with Gasteiger partial charge in [-0.05, 0) is 30.7 Å². The number of amides is 2. The lowest BCUT2D eigenvalue weighted by Crippen LogP contribution is -2.35. The van der Waals surface area contributed by atoms with E-state index in [1.807, 2.05) is 12.1 Å². The summed E-state index contributed by atoms with van der Waals surface area (Å²) in [5, 5.41) is 2.62. The summed E-state index contributed by atoms with van der Waals surface area (Å²) >= 11 is 0. The Kier molecular flexibility index (Phi) is 6.69. The van der Waals surface area contributed by atoms with E-state index in [1.54, 1.807) is 19.2 Å². The number of rotatable bonds is 7. The van der Waals surface area contributed by atoms with E-state index in [0.29, 0.717) is 18.7 Å². The number of nitrogens with one attached hydrogen (secondary N) is 2. The van der Waals surface area contributed by atoms with Crippen molar-refractivity contribution in [1.29, 1.82) is 0 Å². The van der Waals surface area contributed by atoms with Gasteiger partial charge in [0.1, 0.15) is 0 Å². The molecule has 0 heterocycles. The van der Waals surface area contributed by atoms with Crippen molar-refractivity contribution in [3.8, 4) is 0 Å². The SMILES string of the molecule is CCCN(CC(=O)NC)Cc1ccc(C(=O)NN)cc1. The molecule has 0 aliphatic rings. The lowest BCUT2D eigenvalue weighted by Gasteiger charge is -2.20. The zero-order valence-electron chi connectivity index (χ0n) is 12.0. The first-order valence-corrected chi connectivity index (χ1v) is 6.63. The van der Waals surface area contributed by atoms with Gasteiger partial charge < -0.3 is 5.32 Å². The van der Waals surface area contributed by atoms with Crippen LogP contribution in [-0.4, -0.2) is 36.9 Å². The summed E-state index contributed by atoms with van der Waals surface area (Å²) in [4.78, 5) is 24.9. The summed E-state index contributed by atoms with van der Waals surface area (Å²) in [6.45, 7) is 3.96. The maximum absolute atomic E-state index is 11.4. The maximum Gasteiger partial charge on any atom is 0.265 e. The molecule has 0 fully saturated rings. The van der Waals surface area contributed by atoms with Crippen LogP contribution in [0.15, 0.2) is 24.3 Å². The molecule has 0 saturated heterocycles. The molecule has 110 valence electrons. The first kappa shape index (κ1) is 16.1. The number of carbonyl (C=O) groups is 2. The van der Waals surface area contributed by atoms with E-state index in [4.69, 9.17) is 5.84 Å². The molecule has 2 amide bonds. The minimum Gasteiger partial charge on any atom is -0.358 e. The summed E-state index contributed by atoms with van der Waals surface area (Å²) < 4.78 is 0. The van der Waals surface area contributed by atoms with Crippen molar-refractivity contribution in [2.24, 2.45) is 5.84 Å². The van der Waals surface area contributed by atoms with Crippen molar-refractivity contribution < 1.29 is 9.59 Å². The molecule has 0 unspecified atom stereocenters. The number of hydrogen-bond acceptors (Lipinski definition) is 4. The highest BCUT2D eigenvalue weighted by molar-refractivity contribution is 5.93. The Morgan fingerprint density at radius 1 is 1.25 bits per heavy atom. The highest BCUT2D eigenvalue weighted by Crippen LogP contribution is 2.08. The van der Waals surface area contributed by atoms with Crippen LogP contribution in [0.25, 0.3) is 0 Å². The smallest absolute Gasteiger partial charge is 0.265 e. The number of hydrogen-bond donors (Lipinski definition) is 3. The van der Waals surface area contributed by atoms with Crippen molar-refractivity contribution in [3.05, 3.63) is 35.4 Å². The molecule has 0 aromatic heterocycles. The van der Waals surface area contributed by atoms with Gasteiger partial charge in [-0.3, -0.25) is 19.9 Å². The molecule has 0 radical (unpaired) electrons. The molecule has 1 aromatic carbocycles. The monoisotopic (exact) mass is 278 g/mol. The van der Waals surface area contributed by atoms with Gasteiger partial charge in [0.05, 0.1) is 6.54 Å². The van der Waals surface area contributed by atoms with E-state index in [1.165, 1.54) is 0 Å². The Balaban J connectivity index is 2.68. The second-order valence-corrected chi connectivity index (χ2v) is 4.55. The molecule has 0 aliphatic heterocycles. The number of nitrogens with zero attached hydrogens (tertiary/aromatic N) is 1. The van der Waals surface area contributed by atoms with E-state index in [-0.39, 0.29) is 11.8 Å². The van der Waals surface area contributed by atoms with Crippen molar-refractivity contribution in [2.45, 2.75) is 19.9 Å². The molecule has 1 rings (SSSR count). The third-order valence-corrected chi connectivity index (χ3v) is 2.94. The molecule has 0 saturated carbocycles. The predicted molar refractivity (Wildman–Crippen MR) is 77.7 cm³/mol. The van der Waals surface area contributed by atoms with Gasteiger partial charge in [0.15, 0.2) is 0 Å². The van der Waals surface area contributed by atoms with Crippen LogP contribution in [0.3, 0.4) is 0 Å². The summed E-state index contributed by atoms with van der Waals surface area (Å²) in [5.41, 5.74) is 3.66. The fourth-order valence-corrected chi connectivity index (χ4v) is 1.92. The zero-order chi connectivity index (χ0) is 15.0. The van der Waals surface area contributed by atoms with Crippen LogP contribution in [0.2, 0.25) is 0 Å². The molecule has 0 aliphatic carbocycles. The van der Waals surface area contributed by atoms with Gasteiger partial charge in [-0.25, -0.2) is 5.84 Å². The maximum atomic E-state index is 11.4. The predicted octanol–water partition coefficient (Wildman–Crippen LogP) is 0.248. The van der Waals surface area contributed by atoms with Crippen molar-refractivity contribution in [3.63, 3.8) is 0 Å². The first-order valence-electron chi connectivity index (χ1n) is 6.63. The Morgan fingerprint density at radius 2 is 1.90 bits per heavy atom. The van der Waals surface area contributed by atoms with Crippen LogP contribution in [-0.2, 0) is 11.3 Å². The van der Waals surface area contributed by atoms with Gasteiger partial charge in [-0.1, -0.05) is 19.1 Å². The molecular formula is C14H22N4O2. The van der Waals surface area contributed by atoms with Crippen LogP contribution >= 0.6 is 0 Å². The van der Waals surface area contributed by atoms with Crippen LogP contribution in [0.1, 0.15) is 29.3 Å². The molecule has 0 spiro atoms. The Morgan fingerprint density at radius 3 is 2.40 bits per heavy atom. The highest BCUT2D eigenvalue weighted by atomic mass is 16.2. The summed E-state index contributed by atoms with van der Waals surface area (Å²) in [5.74, 6) is 4.77. The van der Waals surface area contributed by atoms with E-state index in [0.717, 1.165) is 18.5 Å². The molecule has 0 bridgehead atoms. The molecule has 6 nitrogen and oxygen atoms in total. The van der Waals surface area contributed by atoms with Crippen LogP contribution in [0, 0.1) is 0 Å². The normalized spacial score (nSPS) is 10.4. The molecule has 4 N–H and O–H groups in total. The highest BCUT2D eigenvalue weighted by Gasteiger charge is 2.10. The van der Waals surface area contributed by atoms with Crippen LogP contribution in [0.5, 0.6) is 0 Å². The second kappa shape index (κ2) is 8.29. The summed E-state index contributed by atoms with van der Waals surface area (Å²) in [6, 6.07) is 7.19. The van der Waals surface area contributed by atoms with Crippen LogP contribution < -0.4 is 16.6 Å². The number of hydrazine groups is 1.